The van der Waals surface area contributed by atoms with E-state index in [2.05, 4.69) is 5.10 Å². The maximum atomic E-state index is 12.8. The van der Waals surface area contributed by atoms with Crippen molar-refractivity contribution in [3.63, 3.8) is 0 Å². The normalized spacial score (nSPS) is 11.4. The van der Waals surface area contributed by atoms with Crippen LogP contribution in [0.25, 0.3) is 0 Å². The number of benzene rings is 1. The van der Waals surface area contributed by atoms with Crippen molar-refractivity contribution >= 4 is 5.97 Å². The van der Waals surface area contributed by atoms with Gasteiger partial charge in [-0.05, 0) is 23.8 Å². The van der Waals surface area contributed by atoms with Crippen LogP contribution >= 0.6 is 0 Å². The first-order valence-corrected chi connectivity index (χ1v) is 5.10. The molecule has 1 atom stereocenters. The molecule has 1 aromatic heterocycles. The van der Waals surface area contributed by atoms with Gasteiger partial charge in [0.1, 0.15) is 11.9 Å². The largest absolute Gasteiger partial charge is 1.00 e. The summed E-state index contributed by atoms with van der Waals surface area (Å²) in [6.07, 6.45) is 1.29. The van der Waals surface area contributed by atoms with Gasteiger partial charge < -0.3 is 9.90 Å². The van der Waals surface area contributed by atoms with Crippen LogP contribution in [0.1, 0.15) is 11.6 Å². The third-order valence-corrected chi connectivity index (χ3v) is 2.40. The number of carboxylic acid groups (broad SMARTS) is 1. The molecule has 7 heteroatoms. The van der Waals surface area contributed by atoms with E-state index in [1.807, 2.05) is 0 Å². The van der Waals surface area contributed by atoms with Gasteiger partial charge in [-0.3, -0.25) is 4.79 Å². The maximum absolute atomic E-state index is 12.8. The van der Waals surface area contributed by atoms with Gasteiger partial charge in [-0.25, -0.2) is 9.07 Å². The van der Waals surface area contributed by atoms with E-state index in [0.29, 0.717) is 0 Å². The molecule has 92 valence electrons. The van der Waals surface area contributed by atoms with Gasteiger partial charge in [0.2, 0.25) is 0 Å². The Morgan fingerprint density at radius 3 is 2.42 bits per heavy atom. The molecule has 0 spiro atoms. The summed E-state index contributed by atoms with van der Waals surface area (Å²) in [5.41, 5.74) is -0.353. The van der Waals surface area contributed by atoms with E-state index >= 15 is 0 Å². The third kappa shape index (κ3) is 3.31. The molecule has 1 heterocycles. The molecule has 0 aliphatic heterocycles. The van der Waals surface area contributed by atoms with E-state index in [9.17, 15) is 19.1 Å². The van der Waals surface area contributed by atoms with Gasteiger partial charge in [0.05, 0.1) is 5.97 Å². The summed E-state index contributed by atoms with van der Waals surface area (Å²) in [5, 5.41) is 14.8. The number of carboxylic acids is 1. The van der Waals surface area contributed by atoms with Crippen LogP contribution in [0.2, 0.25) is 0 Å². The fourth-order valence-corrected chi connectivity index (χ4v) is 1.59. The first kappa shape index (κ1) is 15.2. The fourth-order valence-electron chi connectivity index (χ4n) is 1.59. The molecular formula is C12H8FLiN2O3. The average molecular weight is 254 g/mol. The van der Waals surface area contributed by atoms with E-state index in [-0.39, 0.29) is 24.4 Å². The van der Waals surface area contributed by atoms with Crippen LogP contribution in [-0.2, 0) is 4.79 Å². The minimum atomic E-state index is -1.48. The summed E-state index contributed by atoms with van der Waals surface area (Å²) in [4.78, 5) is 22.7. The van der Waals surface area contributed by atoms with Gasteiger partial charge >= 0.3 is 18.9 Å². The van der Waals surface area contributed by atoms with Crippen molar-refractivity contribution in [2.75, 3.05) is 0 Å². The van der Waals surface area contributed by atoms with Gasteiger partial charge in [0.15, 0.2) is 0 Å². The number of hydrogen-bond acceptors (Lipinski definition) is 4. The predicted molar refractivity (Wildman–Crippen MR) is 58.0 cm³/mol. The second kappa shape index (κ2) is 6.32. The Hall–Kier alpha value is -1.90. The number of carbonyl (C=O) groups excluding carboxylic acids is 1. The van der Waals surface area contributed by atoms with Crippen molar-refractivity contribution in [1.29, 1.82) is 0 Å². The molecule has 0 aliphatic rings. The zero-order chi connectivity index (χ0) is 13.1. The topological polar surface area (TPSA) is 75.0 Å². The smallest absolute Gasteiger partial charge is 0.547 e. The van der Waals surface area contributed by atoms with Crippen LogP contribution < -0.4 is 29.5 Å². The fraction of sp³-hybridized carbons (Fsp3) is 0.0833. The van der Waals surface area contributed by atoms with Crippen LogP contribution in [-0.4, -0.2) is 15.7 Å². The molecule has 0 fully saturated rings. The summed E-state index contributed by atoms with van der Waals surface area (Å²) in [5.74, 6) is -1.98. The van der Waals surface area contributed by atoms with Gasteiger partial charge in [-0.1, -0.05) is 12.1 Å². The molecular weight excluding hydrogens is 246 g/mol. The van der Waals surface area contributed by atoms with E-state index in [0.717, 1.165) is 16.8 Å². The molecule has 5 nitrogen and oxygen atoms in total. The molecule has 0 bridgehead atoms. The zero-order valence-electron chi connectivity index (χ0n) is 10.1. The summed E-state index contributed by atoms with van der Waals surface area (Å²) in [6, 6.07) is 5.98. The van der Waals surface area contributed by atoms with Crippen molar-refractivity contribution in [1.82, 2.24) is 9.78 Å². The van der Waals surface area contributed by atoms with Gasteiger partial charge in [-0.15, -0.1) is 0 Å². The summed E-state index contributed by atoms with van der Waals surface area (Å²) < 4.78 is 13.6. The zero-order valence-corrected chi connectivity index (χ0v) is 10.1. The Kier molecular flexibility index (Phi) is 5.04. The molecule has 1 unspecified atom stereocenters. The van der Waals surface area contributed by atoms with Crippen LogP contribution in [0.4, 0.5) is 4.39 Å². The summed E-state index contributed by atoms with van der Waals surface area (Å²) in [7, 11) is 0. The molecule has 0 amide bonds. The average Bonchev–Trinajstić information content (AvgIpc) is 2.34. The summed E-state index contributed by atoms with van der Waals surface area (Å²) >= 11 is 0. The van der Waals surface area contributed by atoms with Crippen molar-refractivity contribution in [3.8, 4) is 0 Å². The molecule has 0 saturated heterocycles. The first-order chi connectivity index (χ1) is 8.59. The maximum Gasteiger partial charge on any atom is 1.00 e. The number of aromatic nitrogens is 2. The quantitative estimate of drug-likeness (QED) is 0.538. The Balaban J connectivity index is 0.00000180. The van der Waals surface area contributed by atoms with Gasteiger partial charge in [0.25, 0.3) is 5.56 Å². The van der Waals surface area contributed by atoms with Crippen molar-refractivity contribution in [3.05, 3.63) is 64.3 Å². The van der Waals surface area contributed by atoms with Crippen molar-refractivity contribution < 1.29 is 33.2 Å². The predicted octanol–water partition coefficient (Wildman–Crippen LogP) is -3.27. The molecule has 1 aromatic carbocycles. The van der Waals surface area contributed by atoms with E-state index in [4.69, 9.17) is 0 Å². The second-order valence-corrected chi connectivity index (χ2v) is 3.58. The first-order valence-electron chi connectivity index (χ1n) is 5.10. The number of halogens is 1. The molecule has 0 saturated carbocycles. The monoisotopic (exact) mass is 254 g/mol. The number of hydrogen-bond donors (Lipinski definition) is 0. The molecule has 2 rings (SSSR count). The number of rotatable bonds is 3. The third-order valence-electron chi connectivity index (χ3n) is 2.40. The van der Waals surface area contributed by atoms with Crippen LogP contribution in [0, 0.1) is 5.82 Å². The Morgan fingerprint density at radius 2 is 1.89 bits per heavy atom. The number of aliphatic carboxylic acids is 1. The van der Waals surface area contributed by atoms with Crippen molar-refractivity contribution in [2.45, 2.75) is 6.04 Å². The van der Waals surface area contributed by atoms with E-state index in [1.165, 1.54) is 30.5 Å². The molecule has 2 aromatic rings. The summed E-state index contributed by atoms with van der Waals surface area (Å²) in [6.45, 7) is 0. The molecule has 0 radical (unpaired) electrons. The molecule has 0 aliphatic carbocycles. The van der Waals surface area contributed by atoms with Gasteiger partial charge in [0, 0.05) is 12.3 Å². The minimum Gasteiger partial charge on any atom is -0.547 e. The second-order valence-electron chi connectivity index (χ2n) is 3.58. The molecule has 0 N–H and O–H groups in total. The number of nitrogens with zero attached hydrogens (tertiary/aromatic N) is 2. The molecule has 19 heavy (non-hydrogen) atoms. The van der Waals surface area contributed by atoms with Crippen molar-refractivity contribution in [2.24, 2.45) is 0 Å². The van der Waals surface area contributed by atoms with Crippen LogP contribution in [0.5, 0.6) is 0 Å². The van der Waals surface area contributed by atoms with Gasteiger partial charge in [-0.2, -0.15) is 5.10 Å². The van der Waals surface area contributed by atoms with Crippen LogP contribution in [0.3, 0.4) is 0 Å². The minimum absolute atomic E-state index is 0. The Morgan fingerprint density at radius 1 is 1.26 bits per heavy atom. The number of carbonyl (C=O) groups is 1. The standard InChI is InChI=1S/C12H9FN2O3.Li/c13-9-5-3-8(4-6-9)11(12(17)18)15-10(16)2-1-7-14-15;/h1-7,11H,(H,17,18);/q;+1/p-1. The Bertz CT molecular complexity index is 627. The van der Waals surface area contributed by atoms with E-state index < -0.39 is 23.4 Å². The Labute approximate surface area is 119 Å². The SMILES string of the molecule is O=C([O-])C(c1ccc(F)cc1)n1ncccc1=O.[Li+]. The van der Waals surface area contributed by atoms with Crippen LogP contribution in [0.15, 0.2) is 47.4 Å². The van der Waals surface area contributed by atoms with E-state index in [1.54, 1.807) is 0 Å².